The molecule has 146 valence electrons. The van der Waals surface area contributed by atoms with Crippen molar-refractivity contribution in [3.8, 4) is 0 Å². The van der Waals surface area contributed by atoms with Crippen LogP contribution in [0.25, 0.3) is 0 Å². The van der Waals surface area contributed by atoms with Gasteiger partial charge in [-0.05, 0) is 40.2 Å². The first kappa shape index (κ1) is 21.0. The summed E-state index contributed by atoms with van der Waals surface area (Å²) in [6, 6.07) is 22.8. The van der Waals surface area contributed by atoms with Crippen molar-refractivity contribution in [2.45, 2.75) is 76.0 Å². The van der Waals surface area contributed by atoms with Gasteiger partial charge >= 0.3 is 0 Å². The summed E-state index contributed by atoms with van der Waals surface area (Å²) in [6.07, 6.45) is 2.71. The van der Waals surface area contributed by atoms with E-state index in [4.69, 9.17) is 0 Å². The second kappa shape index (κ2) is 8.35. The molecule has 0 aromatic heterocycles. The van der Waals surface area contributed by atoms with Gasteiger partial charge in [-0.15, -0.1) is 0 Å². The molecule has 0 aliphatic carbocycles. The molecule has 1 fully saturated rings. The molecule has 2 heteroatoms. The maximum Gasteiger partial charge on any atom is 0.00507 e. The van der Waals surface area contributed by atoms with Crippen molar-refractivity contribution in [1.82, 2.24) is 0 Å². The summed E-state index contributed by atoms with van der Waals surface area (Å²) in [4.78, 5) is 0. The van der Waals surface area contributed by atoms with Gasteiger partial charge in [0.1, 0.15) is 0 Å². The fourth-order valence-corrected chi connectivity index (χ4v) is 15.5. The highest BCUT2D eigenvalue weighted by atomic mass is 31.2. The lowest BCUT2D eigenvalue weighted by atomic mass is 10.0. The van der Waals surface area contributed by atoms with Crippen molar-refractivity contribution in [3.63, 3.8) is 0 Å². The lowest BCUT2D eigenvalue weighted by molar-refractivity contribution is 0.709. The number of rotatable bonds is 4. The van der Waals surface area contributed by atoms with Crippen LogP contribution in [0.3, 0.4) is 0 Å². The molecule has 1 aliphatic heterocycles. The minimum atomic E-state index is -0.0637. The fourth-order valence-electron chi connectivity index (χ4n) is 4.72. The van der Waals surface area contributed by atoms with Crippen LogP contribution in [-0.2, 0) is 0 Å². The van der Waals surface area contributed by atoms with E-state index in [9.17, 15) is 0 Å². The zero-order chi connectivity index (χ0) is 19.7. The first-order chi connectivity index (χ1) is 12.7. The van der Waals surface area contributed by atoms with Gasteiger partial charge in [-0.1, -0.05) is 118 Å². The average Bonchev–Trinajstić information content (AvgIpc) is 3.03. The van der Waals surface area contributed by atoms with E-state index in [2.05, 4.69) is 102 Å². The molecule has 2 atom stereocenters. The molecule has 2 aromatic rings. The van der Waals surface area contributed by atoms with Crippen LogP contribution in [0.15, 0.2) is 60.7 Å². The van der Waals surface area contributed by atoms with Crippen LogP contribution in [0.2, 0.25) is 0 Å². The van der Waals surface area contributed by atoms with Crippen LogP contribution in [-0.4, -0.2) is 16.2 Å². The molecule has 0 unspecified atom stereocenters. The maximum absolute atomic E-state index is 2.48. The van der Waals surface area contributed by atoms with Crippen LogP contribution in [0, 0.1) is 0 Å². The van der Waals surface area contributed by atoms with Crippen LogP contribution in [0.4, 0.5) is 0 Å². The first-order valence-electron chi connectivity index (χ1n) is 10.3. The maximum atomic E-state index is 2.48. The molecule has 0 radical (unpaired) electrons. The number of hydrogen-bond donors (Lipinski definition) is 0. The van der Waals surface area contributed by atoms with Crippen molar-refractivity contribution in [1.29, 1.82) is 0 Å². The monoisotopic (exact) mass is 398 g/mol. The predicted molar refractivity (Wildman–Crippen MR) is 126 cm³/mol. The Morgan fingerprint density at radius 1 is 0.704 bits per heavy atom. The Morgan fingerprint density at radius 2 is 1.07 bits per heavy atom. The molecule has 1 aliphatic rings. The topological polar surface area (TPSA) is 0 Å². The van der Waals surface area contributed by atoms with Gasteiger partial charge < -0.3 is 0 Å². The Kier molecular flexibility index (Phi) is 6.50. The zero-order valence-corrected chi connectivity index (χ0v) is 19.7. The predicted octanol–water partition coefficient (Wildman–Crippen LogP) is 8.78. The zero-order valence-electron chi connectivity index (χ0n) is 17.9. The van der Waals surface area contributed by atoms with Crippen molar-refractivity contribution in [2.24, 2.45) is 0 Å². The van der Waals surface area contributed by atoms with E-state index in [-0.39, 0.29) is 15.8 Å². The van der Waals surface area contributed by atoms with Crippen LogP contribution in [0.5, 0.6) is 0 Å². The highest BCUT2D eigenvalue weighted by Crippen LogP contribution is 2.77. The molecule has 3 rings (SSSR count). The lowest BCUT2D eigenvalue weighted by Crippen LogP contribution is -2.26. The van der Waals surface area contributed by atoms with Gasteiger partial charge in [0.05, 0.1) is 0 Å². The Morgan fingerprint density at radius 3 is 1.41 bits per heavy atom. The van der Waals surface area contributed by atoms with E-state index in [1.165, 1.54) is 18.7 Å². The third-order valence-electron chi connectivity index (χ3n) is 5.81. The van der Waals surface area contributed by atoms with Crippen LogP contribution >= 0.6 is 15.8 Å². The van der Waals surface area contributed by atoms with Crippen molar-refractivity contribution < 1.29 is 0 Å². The van der Waals surface area contributed by atoms with E-state index in [1.807, 2.05) is 0 Å². The molecule has 0 saturated carbocycles. The molecule has 0 bridgehead atoms. The second-order valence-electron chi connectivity index (χ2n) is 9.86. The highest BCUT2D eigenvalue weighted by Gasteiger charge is 2.43. The minimum absolute atomic E-state index is 0.0589. The normalized spacial score (nSPS) is 21.7. The highest BCUT2D eigenvalue weighted by molar-refractivity contribution is 7.76. The molecule has 2 aromatic carbocycles. The number of hydrogen-bond acceptors (Lipinski definition) is 0. The van der Waals surface area contributed by atoms with E-state index in [0.717, 1.165) is 11.3 Å². The smallest absolute Gasteiger partial charge is 0.00507 e. The molecule has 0 N–H and O–H groups in total. The summed E-state index contributed by atoms with van der Waals surface area (Å²) in [5.74, 6) is 1.44. The molecule has 0 amide bonds. The molecule has 0 nitrogen and oxygen atoms in total. The molecular formula is C25H36P2. The quantitative estimate of drug-likeness (QED) is 0.451. The van der Waals surface area contributed by atoms with Gasteiger partial charge in [-0.3, -0.25) is 0 Å². The Bertz CT molecular complexity index is 648. The van der Waals surface area contributed by atoms with E-state index in [1.54, 1.807) is 11.1 Å². The van der Waals surface area contributed by atoms with Gasteiger partial charge in [0.15, 0.2) is 0 Å². The van der Waals surface area contributed by atoms with E-state index in [0.29, 0.717) is 10.3 Å². The third kappa shape index (κ3) is 5.02. The van der Waals surface area contributed by atoms with Crippen molar-refractivity contribution in [2.75, 3.05) is 5.90 Å². The second-order valence-corrected chi connectivity index (χ2v) is 16.8. The fraction of sp³-hybridized carbons (Fsp3) is 0.520. The van der Waals surface area contributed by atoms with Crippen LogP contribution < -0.4 is 0 Å². The lowest BCUT2D eigenvalue weighted by Gasteiger charge is -2.45. The summed E-state index contributed by atoms with van der Waals surface area (Å²) in [7, 11) is -0.123. The number of benzene rings is 2. The van der Waals surface area contributed by atoms with E-state index < -0.39 is 0 Å². The summed E-state index contributed by atoms with van der Waals surface area (Å²) in [6.45, 7) is 14.9. The average molecular weight is 399 g/mol. The molecule has 1 heterocycles. The summed E-state index contributed by atoms with van der Waals surface area (Å²) < 4.78 is 0. The molecule has 27 heavy (non-hydrogen) atoms. The third-order valence-corrected chi connectivity index (χ3v) is 14.2. The summed E-state index contributed by atoms with van der Waals surface area (Å²) >= 11 is 0. The van der Waals surface area contributed by atoms with Gasteiger partial charge in [-0.2, -0.15) is 0 Å². The van der Waals surface area contributed by atoms with Crippen LogP contribution in [0.1, 0.15) is 76.8 Å². The Balaban J connectivity index is 1.97. The largest absolute Gasteiger partial charge is 0.0912 e. The Labute approximate surface area is 169 Å². The molecule has 0 spiro atoms. The molecular weight excluding hydrogens is 362 g/mol. The SMILES string of the molecule is CC(C)(C)P(CP1[C@@H](c2ccccc2)CC[C@@H]1c1ccccc1)C(C)(C)C. The van der Waals surface area contributed by atoms with Gasteiger partial charge in [0.25, 0.3) is 0 Å². The molecule has 1 saturated heterocycles. The van der Waals surface area contributed by atoms with Crippen molar-refractivity contribution >= 4 is 15.8 Å². The van der Waals surface area contributed by atoms with E-state index >= 15 is 0 Å². The van der Waals surface area contributed by atoms with Gasteiger partial charge in [0.2, 0.25) is 0 Å². The summed E-state index contributed by atoms with van der Waals surface area (Å²) in [5.41, 5.74) is 4.70. The Hall–Kier alpha value is -0.700. The van der Waals surface area contributed by atoms with Crippen molar-refractivity contribution in [3.05, 3.63) is 71.8 Å². The minimum Gasteiger partial charge on any atom is -0.0912 e. The standard InChI is InChI=1S/C25H36P2/c1-24(2,3)27(25(4,5)6)19-26-22(20-13-9-7-10-14-20)17-18-23(26)21-15-11-8-12-16-21/h7-16,22-23H,17-19H2,1-6H3/t22-,23-/m1/s1. The van der Waals surface area contributed by atoms with Gasteiger partial charge in [-0.25, -0.2) is 0 Å². The summed E-state index contributed by atoms with van der Waals surface area (Å²) in [5, 5.41) is 0.808. The van der Waals surface area contributed by atoms with Gasteiger partial charge in [0, 0.05) is 11.3 Å². The first-order valence-corrected chi connectivity index (χ1v) is 13.5.